The predicted molar refractivity (Wildman–Crippen MR) is 94.9 cm³/mol. The molecule has 1 aromatic rings. The van der Waals surface area contributed by atoms with Gasteiger partial charge < -0.3 is 15.4 Å². The van der Waals surface area contributed by atoms with Crippen LogP contribution in [-0.4, -0.2) is 36.3 Å². The van der Waals surface area contributed by atoms with Crippen LogP contribution in [0.1, 0.15) is 37.1 Å². The van der Waals surface area contributed by atoms with Crippen LogP contribution in [0.4, 0.5) is 4.79 Å². The molecule has 1 aliphatic rings. The molecule has 1 saturated heterocycles. The van der Waals surface area contributed by atoms with E-state index in [1.807, 2.05) is 11.8 Å². The molecule has 1 fully saturated rings. The number of hydrogen-bond donors (Lipinski definition) is 2. The predicted octanol–water partition coefficient (Wildman–Crippen LogP) is 3.41. The van der Waals surface area contributed by atoms with Gasteiger partial charge in [-0.3, -0.25) is 0 Å². The molecular weight excluding hydrogens is 316 g/mol. The average molecular weight is 343 g/mol. The Kier molecular flexibility index (Phi) is 7.05. The Balaban J connectivity index is 1.78. The molecule has 2 amide bonds. The number of hydrogen-bond acceptors (Lipinski definition) is 4. The number of aryl methyl sites for hydroxylation is 1. The van der Waals surface area contributed by atoms with E-state index in [2.05, 4.69) is 35.9 Å². The van der Waals surface area contributed by atoms with Crippen LogP contribution in [0.15, 0.2) is 11.4 Å². The minimum atomic E-state index is -0.0713. The molecule has 0 aliphatic carbocycles. The first kappa shape index (κ1) is 17.6. The van der Waals surface area contributed by atoms with E-state index in [1.165, 1.54) is 10.4 Å². The second-order valence-corrected chi connectivity index (χ2v) is 8.22. The molecular formula is C16H26N2O2S2. The Morgan fingerprint density at radius 1 is 1.36 bits per heavy atom. The summed E-state index contributed by atoms with van der Waals surface area (Å²) in [4.78, 5) is 13.3. The van der Waals surface area contributed by atoms with E-state index in [1.54, 1.807) is 11.3 Å². The molecule has 1 aliphatic heterocycles. The number of ether oxygens (including phenoxy) is 1. The lowest BCUT2D eigenvalue weighted by Crippen LogP contribution is -2.47. The van der Waals surface area contributed by atoms with Crippen LogP contribution < -0.4 is 10.6 Å². The molecule has 1 aromatic heterocycles. The summed E-state index contributed by atoms with van der Waals surface area (Å²) < 4.78 is 5.60. The van der Waals surface area contributed by atoms with Gasteiger partial charge in [0.25, 0.3) is 0 Å². The zero-order valence-corrected chi connectivity index (χ0v) is 15.1. The van der Waals surface area contributed by atoms with Crippen LogP contribution in [0.2, 0.25) is 0 Å². The Labute approximate surface area is 141 Å². The van der Waals surface area contributed by atoms with Crippen molar-refractivity contribution in [2.45, 2.75) is 44.4 Å². The summed E-state index contributed by atoms with van der Waals surface area (Å²) in [6, 6.07) is 2.06. The van der Waals surface area contributed by atoms with Gasteiger partial charge in [-0.05, 0) is 42.0 Å². The van der Waals surface area contributed by atoms with Gasteiger partial charge in [-0.1, -0.05) is 13.8 Å². The Hall–Kier alpha value is -0.720. The van der Waals surface area contributed by atoms with E-state index in [9.17, 15) is 4.79 Å². The van der Waals surface area contributed by atoms with E-state index in [4.69, 9.17) is 4.74 Å². The van der Waals surface area contributed by atoms with Crippen LogP contribution in [-0.2, 0) is 17.7 Å². The lowest BCUT2D eigenvalue weighted by Gasteiger charge is -2.36. The first-order chi connectivity index (χ1) is 10.7. The molecule has 0 saturated carbocycles. The molecule has 22 heavy (non-hydrogen) atoms. The zero-order chi connectivity index (χ0) is 15.8. The van der Waals surface area contributed by atoms with E-state index in [-0.39, 0.29) is 10.8 Å². The Bertz CT molecular complexity index is 465. The summed E-state index contributed by atoms with van der Waals surface area (Å²) in [6.45, 7) is 7.24. The molecule has 0 aromatic carbocycles. The minimum Gasteiger partial charge on any atom is -0.381 e. The van der Waals surface area contributed by atoms with Crippen molar-refractivity contribution in [3.8, 4) is 0 Å². The molecule has 0 atom stereocenters. The average Bonchev–Trinajstić information content (AvgIpc) is 3.00. The van der Waals surface area contributed by atoms with Crippen LogP contribution in [0.3, 0.4) is 0 Å². The topological polar surface area (TPSA) is 50.4 Å². The molecule has 0 bridgehead atoms. The standard InChI is InChI=1S/C16H26N2O2S2/c1-3-13-5-10-21-14(13)11-17-15(19)18-12-16(22-4-2)6-8-20-9-7-16/h5,10H,3-4,6-9,11-12H2,1-2H3,(H2,17,18,19). The number of carbonyl (C=O) groups excluding carboxylic acids is 1. The smallest absolute Gasteiger partial charge is 0.315 e. The van der Waals surface area contributed by atoms with Crippen LogP contribution >= 0.6 is 23.1 Å². The summed E-state index contributed by atoms with van der Waals surface area (Å²) in [6.07, 6.45) is 3.03. The highest BCUT2D eigenvalue weighted by atomic mass is 32.2. The number of carbonyl (C=O) groups is 1. The lowest BCUT2D eigenvalue weighted by molar-refractivity contribution is 0.0776. The van der Waals surface area contributed by atoms with E-state index >= 15 is 0 Å². The molecule has 2 heterocycles. The van der Waals surface area contributed by atoms with Crippen molar-refractivity contribution in [1.82, 2.24) is 10.6 Å². The summed E-state index contributed by atoms with van der Waals surface area (Å²) in [5.74, 6) is 1.07. The third-order valence-corrected chi connectivity index (χ3v) is 6.47. The van der Waals surface area contributed by atoms with E-state index in [0.29, 0.717) is 13.1 Å². The summed E-state index contributed by atoms with van der Waals surface area (Å²) >= 11 is 3.65. The van der Waals surface area contributed by atoms with Crippen molar-refractivity contribution >= 4 is 29.1 Å². The van der Waals surface area contributed by atoms with Gasteiger partial charge in [0, 0.05) is 29.4 Å². The van der Waals surface area contributed by atoms with Crippen LogP contribution in [0, 0.1) is 0 Å². The van der Waals surface area contributed by atoms with Gasteiger partial charge in [0.2, 0.25) is 0 Å². The van der Waals surface area contributed by atoms with Crippen molar-refractivity contribution in [2.75, 3.05) is 25.5 Å². The molecule has 4 nitrogen and oxygen atoms in total. The van der Waals surface area contributed by atoms with Crippen molar-refractivity contribution < 1.29 is 9.53 Å². The van der Waals surface area contributed by atoms with Gasteiger partial charge in [0.1, 0.15) is 0 Å². The number of thiophene rings is 1. The van der Waals surface area contributed by atoms with Crippen LogP contribution in [0.25, 0.3) is 0 Å². The fraction of sp³-hybridized carbons (Fsp3) is 0.688. The second kappa shape index (κ2) is 8.79. The van der Waals surface area contributed by atoms with Gasteiger partial charge in [-0.2, -0.15) is 11.8 Å². The second-order valence-electron chi connectivity index (χ2n) is 5.49. The number of nitrogens with one attached hydrogen (secondary N) is 2. The van der Waals surface area contributed by atoms with Gasteiger partial charge in [-0.15, -0.1) is 11.3 Å². The highest BCUT2D eigenvalue weighted by Gasteiger charge is 2.32. The van der Waals surface area contributed by atoms with E-state index in [0.717, 1.165) is 38.2 Å². The molecule has 124 valence electrons. The molecule has 2 N–H and O–H groups in total. The molecule has 0 unspecified atom stereocenters. The highest BCUT2D eigenvalue weighted by Crippen LogP contribution is 2.34. The maximum absolute atomic E-state index is 12.1. The lowest BCUT2D eigenvalue weighted by atomic mass is 9.99. The molecule has 0 spiro atoms. The van der Waals surface area contributed by atoms with Gasteiger partial charge in [-0.25, -0.2) is 4.79 Å². The SMILES string of the molecule is CCSC1(CNC(=O)NCc2sccc2CC)CCOCC1. The number of rotatable bonds is 7. The summed E-state index contributed by atoms with van der Waals surface area (Å²) in [5.41, 5.74) is 1.33. The normalized spacial score (nSPS) is 17.2. The molecule has 2 rings (SSSR count). The van der Waals surface area contributed by atoms with Crippen molar-refractivity contribution in [3.05, 3.63) is 21.9 Å². The van der Waals surface area contributed by atoms with Crippen LogP contribution in [0.5, 0.6) is 0 Å². The number of amides is 2. The quantitative estimate of drug-likeness (QED) is 0.798. The number of urea groups is 1. The zero-order valence-electron chi connectivity index (χ0n) is 13.4. The highest BCUT2D eigenvalue weighted by molar-refractivity contribution is 8.00. The molecule has 6 heteroatoms. The van der Waals surface area contributed by atoms with Gasteiger partial charge in [0.15, 0.2) is 0 Å². The summed E-state index contributed by atoms with van der Waals surface area (Å²) in [7, 11) is 0. The third kappa shape index (κ3) is 4.89. The molecule has 0 radical (unpaired) electrons. The third-order valence-electron chi connectivity index (χ3n) is 4.05. The minimum absolute atomic E-state index is 0.0713. The maximum atomic E-state index is 12.1. The monoisotopic (exact) mass is 342 g/mol. The van der Waals surface area contributed by atoms with Gasteiger partial charge in [0.05, 0.1) is 6.54 Å². The summed E-state index contributed by atoms with van der Waals surface area (Å²) in [5, 5.41) is 8.12. The number of thioether (sulfide) groups is 1. The van der Waals surface area contributed by atoms with Crippen molar-refractivity contribution in [3.63, 3.8) is 0 Å². The van der Waals surface area contributed by atoms with Crippen molar-refractivity contribution in [1.29, 1.82) is 0 Å². The fourth-order valence-electron chi connectivity index (χ4n) is 2.72. The van der Waals surface area contributed by atoms with Crippen molar-refractivity contribution in [2.24, 2.45) is 0 Å². The Morgan fingerprint density at radius 2 is 2.14 bits per heavy atom. The fourth-order valence-corrected chi connectivity index (χ4v) is 4.88. The first-order valence-corrected chi connectivity index (χ1v) is 9.84. The van der Waals surface area contributed by atoms with Gasteiger partial charge >= 0.3 is 6.03 Å². The van der Waals surface area contributed by atoms with E-state index < -0.39 is 0 Å². The maximum Gasteiger partial charge on any atom is 0.315 e. The Morgan fingerprint density at radius 3 is 2.82 bits per heavy atom. The first-order valence-electron chi connectivity index (χ1n) is 7.98. The largest absolute Gasteiger partial charge is 0.381 e.